The Hall–Kier alpha value is -0.860. The molecule has 1 aliphatic rings. The molecule has 2 nitrogen and oxygen atoms in total. The lowest BCUT2D eigenvalue weighted by Crippen LogP contribution is -2.59. The molecule has 2 heteroatoms. The van der Waals surface area contributed by atoms with Crippen LogP contribution in [0, 0.1) is 11.8 Å². The van der Waals surface area contributed by atoms with Crippen molar-refractivity contribution in [3.63, 3.8) is 0 Å². The average molecular weight is 274 g/mol. The molecule has 0 spiro atoms. The smallest absolute Gasteiger partial charge is 0.0360 e. The molecule has 0 saturated heterocycles. The van der Waals surface area contributed by atoms with Gasteiger partial charge in [0.05, 0.1) is 0 Å². The van der Waals surface area contributed by atoms with Gasteiger partial charge in [-0.05, 0) is 43.2 Å². The van der Waals surface area contributed by atoms with Crippen molar-refractivity contribution in [2.24, 2.45) is 17.6 Å². The zero-order valence-corrected chi connectivity index (χ0v) is 13.3. The molecule has 0 amide bonds. The summed E-state index contributed by atoms with van der Waals surface area (Å²) in [4.78, 5) is 2.62. The molecule has 1 aromatic carbocycles. The zero-order valence-electron chi connectivity index (χ0n) is 13.3. The molecule has 1 aromatic rings. The molecule has 0 aromatic heterocycles. The Morgan fingerprint density at radius 3 is 2.50 bits per heavy atom. The van der Waals surface area contributed by atoms with Crippen molar-refractivity contribution >= 4 is 0 Å². The molecule has 2 rings (SSSR count). The molecule has 1 fully saturated rings. The van der Waals surface area contributed by atoms with Crippen LogP contribution in [0.3, 0.4) is 0 Å². The van der Waals surface area contributed by atoms with Crippen molar-refractivity contribution < 1.29 is 0 Å². The van der Waals surface area contributed by atoms with Crippen LogP contribution in [0.4, 0.5) is 0 Å². The van der Waals surface area contributed by atoms with E-state index in [-0.39, 0.29) is 5.54 Å². The highest BCUT2D eigenvalue weighted by Crippen LogP contribution is 2.40. The molecule has 20 heavy (non-hydrogen) atoms. The van der Waals surface area contributed by atoms with Gasteiger partial charge in [0.2, 0.25) is 0 Å². The van der Waals surface area contributed by atoms with E-state index in [1.54, 1.807) is 0 Å². The van der Waals surface area contributed by atoms with Crippen molar-refractivity contribution in [1.82, 2.24) is 4.90 Å². The maximum absolute atomic E-state index is 6.26. The minimum atomic E-state index is 0.192. The normalized spacial score (nSPS) is 30.6. The van der Waals surface area contributed by atoms with E-state index in [1.165, 1.54) is 24.8 Å². The first-order valence-electron chi connectivity index (χ1n) is 8.11. The van der Waals surface area contributed by atoms with Gasteiger partial charge in [-0.2, -0.15) is 0 Å². The van der Waals surface area contributed by atoms with Crippen molar-refractivity contribution in [3.05, 3.63) is 35.9 Å². The maximum Gasteiger partial charge on any atom is 0.0360 e. The number of hydrogen-bond donors (Lipinski definition) is 1. The van der Waals surface area contributed by atoms with Crippen molar-refractivity contribution in [2.45, 2.75) is 52.1 Å². The third-order valence-corrected chi connectivity index (χ3v) is 5.32. The number of likely N-dealkylation sites (N-methyl/N-ethyl adjacent to an activating group) is 1. The highest BCUT2D eigenvalue weighted by atomic mass is 15.2. The summed E-state index contributed by atoms with van der Waals surface area (Å²) in [5.74, 6) is 1.53. The Morgan fingerprint density at radius 2 is 1.95 bits per heavy atom. The lowest BCUT2D eigenvalue weighted by Gasteiger charge is -2.51. The monoisotopic (exact) mass is 274 g/mol. The first-order valence-corrected chi connectivity index (χ1v) is 8.11. The SMILES string of the molecule is CCN(Cc1ccccc1)C1(CN)CCC(C)CC1C. The summed E-state index contributed by atoms with van der Waals surface area (Å²) in [6.45, 7) is 9.92. The number of nitrogens with zero attached hydrogens (tertiary/aromatic N) is 1. The number of benzene rings is 1. The van der Waals surface area contributed by atoms with Crippen LogP contribution >= 0.6 is 0 Å². The van der Waals surface area contributed by atoms with Crippen LogP contribution in [-0.2, 0) is 6.54 Å². The summed E-state index contributed by atoms with van der Waals surface area (Å²) in [5.41, 5.74) is 7.85. The van der Waals surface area contributed by atoms with E-state index >= 15 is 0 Å². The Labute approximate surface area is 124 Å². The third-order valence-electron chi connectivity index (χ3n) is 5.32. The van der Waals surface area contributed by atoms with Gasteiger partial charge < -0.3 is 5.73 Å². The minimum Gasteiger partial charge on any atom is -0.329 e. The molecule has 2 N–H and O–H groups in total. The molecule has 1 aliphatic carbocycles. The molecule has 0 radical (unpaired) electrons. The van der Waals surface area contributed by atoms with Crippen molar-refractivity contribution in [1.29, 1.82) is 0 Å². The van der Waals surface area contributed by atoms with Gasteiger partial charge in [-0.25, -0.2) is 0 Å². The molecular weight excluding hydrogens is 244 g/mol. The molecule has 3 unspecified atom stereocenters. The summed E-state index contributed by atoms with van der Waals surface area (Å²) in [5, 5.41) is 0. The van der Waals surface area contributed by atoms with E-state index in [2.05, 4.69) is 56.0 Å². The van der Waals surface area contributed by atoms with Crippen LogP contribution in [0.2, 0.25) is 0 Å². The van der Waals surface area contributed by atoms with Crippen molar-refractivity contribution in [2.75, 3.05) is 13.1 Å². The molecular formula is C18H30N2. The van der Waals surface area contributed by atoms with E-state index in [0.29, 0.717) is 5.92 Å². The lowest BCUT2D eigenvalue weighted by atomic mass is 9.69. The highest BCUT2D eigenvalue weighted by molar-refractivity contribution is 5.15. The number of nitrogens with two attached hydrogens (primary N) is 1. The number of hydrogen-bond acceptors (Lipinski definition) is 2. The highest BCUT2D eigenvalue weighted by Gasteiger charge is 2.42. The predicted molar refractivity (Wildman–Crippen MR) is 86.5 cm³/mol. The van der Waals surface area contributed by atoms with Gasteiger partial charge >= 0.3 is 0 Å². The van der Waals surface area contributed by atoms with Gasteiger partial charge in [-0.1, -0.05) is 51.1 Å². The van der Waals surface area contributed by atoms with Gasteiger partial charge in [0.15, 0.2) is 0 Å². The fourth-order valence-corrected chi connectivity index (χ4v) is 3.97. The molecule has 1 saturated carbocycles. The summed E-state index contributed by atoms with van der Waals surface area (Å²) in [7, 11) is 0. The van der Waals surface area contributed by atoms with Crippen LogP contribution < -0.4 is 5.73 Å². The van der Waals surface area contributed by atoms with Gasteiger partial charge in [-0.3, -0.25) is 4.90 Å². The van der Waals surface area contributed by atoms with E-state index in [0.717, 1.165) is 25.6 Å². The van der Waals surface area contributed by atoms with Crippen LogP contribution in [0.25, 0.3) is 0 Å². The predicted octanol–water partition coefficient (Wildman–Crippen LogP) is 3.66. The van der Waals surface area contributed by atoms with E-state index in [9.17, 15) is 0 Å². The molecule has 3 atom stereocenters. The van der Waals surface area contributed by atoms with Crippen LogP contribution in [-0.4, -0.2) is 23.5 Å². The zero-order chi connectivity index (χ0) is 14.6. The summed E-state index contributed by atoms with van der Waals surface area (Å²) in [6.07, 6.45) is 3.86. The fourth-order valence-electron chi connectivity index (χ4n) is 3.97. The summed E-state index contributed by atoms with van der Waals surface area (Å²) in [6, 6.07) is 10.8. The Morgan fingerprint density at radius 1 is 1.25 bits per heavy atom. The largest absolute Gasteiger partial charge is 0.329 e. The van der Waals surface area contributed by atoms with Gasteiger partial charge in [0.1, 0.15) is 0 Å². The molecule has 0 bridgehead atoms. The second-order valence-electron chi connectivity index (χ2n) is 6.59. The van der Waals surface area contributed by atoms with Crippen LogP contribution in [0.5, 0.6) is 0 Å². The molecule has 0 aliphatic heterocycles. The van der Waals surface area contributed by atoms with E-state index in [4.69, 9.17) is 5.73 Å². The second-order valence-corrected chi connectivity index (χ2v) is 6.59. The quantitative estimate of drug-likeness (QED) is 0.888. The first-order chi connectivity index (χ1) is 9.62. The second kappa shape index (κ2) is 6.73. The molecule has 0 heterocycles. The van der Waals surface area contributed by atoms with Crippen molar-refractivity contribution in [3.8, 4) is 0 Å². The van der Waals surface area contributed by atoms with E-state index in [1.807, 2.05) is 0 Å². The van der Waals surface area contributed by atoms with Gasteiger partial charge in [0.25, 0.3) is 0 Å². The van der Waals surface area contributed by atoms with Gasteiger partial charge in [-0.15, -0.1) is 0 Å². The van der Waals surface area contributed by atoms with Crippen LogP contribution in [0.1, 0.15) is 45.6 Å². The standard InChI is InChI=1S/C18H30N2/c1-4-20(13-17-8-6-5-7-9-17)18(14-19)11-10-15(2)12-16(18)3/h5-9,15-16H,4,10-14,19H2,1-3H3. The van der Waals surface area contributed by atoms with Crippen LogP contribution in [0.15, 0.2) is 30.3 Å². The van der Waals surface area contributed by atoms with Gasteiger partial charge in [0, 0.05) is 18.6 Å². The topological polar surface area (TPSA) is 29.3 Å². The molecule has 112 valence electrons. The maximum atomic E-state index is 6.26. The Balaban J connectivity index is 2.19. The van der Waals surface area contributed by atoms with E-state index < -0.39 is 0 Å². The Bertz CT molecular complexity index is 403. The Kier molecular flexibility index (Phi) is 5.22. The summed E-state index contributed by atoms with van der Waals surface area (Å²) >= 11 is 0. The summed E-state index contributed by atoms with van der Waals surface area (Å²) < 4.78 is 0. The number of rotatable bonds is 5. The average Bonchev–Trinajstić information content (AvgIpc) is 2.47. The first kappa shape index (κ1) is 15.5. The minimum absolute atomic E-state index is 0.192. The fraction of sp³-hybridized carbons (Fsp3) is 0.667. The third kappa shape index (κ3) is 3.07. The lowest BCUT2D eigenvalue weighted by molar-refractivity contribution is -0.00274.